The van der Waals surface area contributed by atoms with Gasteiger partial charge in [0, 0.05) is 44.2 Å². The largest absolute Gasteiger partial charge is 0.495 e. The molecule has 29 heavy (non-hydrogen) atoms. The minimum absolute atomic E-state index is 0.0539. The Morgan fingerprint density at radius 3 is 2.34 bits per heavy atom. The number of benzene rings is 2. The number of carbonyl (C=O) groups excluding carboxylic acids is 2. The Balaban J connectivity index is 1.31. The number of nitrogens with zero attached hydrogens (tertiary/aromatic N) is 2. The van der Waals surface area contributed by atoms with Crippen molar-refractivity contribution in [3.63, 3.8) is 0 Å². The highest BCUT2D eigenvalue weighted by atomic mass is 16.5. The highest BCUT2D eigenvalue weighted by molar-refractivity contribution is 5.94. The lowest BCUT2D eigenvalue weighted by Crippen LogP contribution is -2.48. The van der Waals surface area contributed by atoms with Crippen LogP contribution in [0.25, 0.3) is 0 Å². The SMILES string of the molecule is COc1ccccc1N1CCN(C(=O)c2ccc(CNC(=O)C3CC3)cc2)CC1. The van der Waals surface area contributed by atoms with Crippen molar-refractivity contribution in [2.24, 2.45) is 5.92 Å². The summed E-state index contributed by atoms with van der Waals surface area (Å²) >= 11 is 0. The molecule has 0 bridgehead atoms. The minimum atomic E-state index is 0.0539. The van der Waals surface area contributed by atoms with E-state index in [1.807, 2.05) is 47.4 Å². The lowest BCUT2D eigenvalue weighted by molar-refractivity contribution is -0.122. The minimum Gasteiger partial charge on any atom is -0.495 e. The molecule has 2 fully saturated rings. The average molecular weight is 393 g/mol. The summed E-state index contributed by atoms with van der Waals surface area (Å²) in [5, 5.41) is 2.95. The molecule has 1 heterocycles. The predicted octanol–water partition coefficient (Wildman–Crippen LogP) is 2.68. The molecule has 6 nitrogen and oxygen atoms in total. The number of rotatable bonds is 6. The molecule has 0 spiro atoms. The van der Waals surface area contributed by atoms with E-state index < -0.39 is 0 Å². The smallest absolute Gasteiger partial charge is 0.253 e. The van der Waals surface area contributed by atoms with Gasteiger partial charge in [-0.15, -0.1) is 0 Å². The molecule has 1 aliphatic heterocycles. The summed E-state index contributed by atoms with van der Waals surface area (Å²) in [7, 11) is 1.68. The first-order chi connectivity index (χ1) is 14.2. The van der Waals surface area contributed by atoms with E-state index in [0.717, 1.165) is 42.9 Å². The number of para-hydroxylation sites is 2. The molecule has 4 rings (SSSR count). The van der Waals surface area contributed by atoms with Crippen molar-refractivity contribution in [2.75, 3.05) is 38.2 Å². The van der Waals surface area contributed by atoms with Crippen molar-refractivity contribution in [3.8, 4) is 5.75 Å². The zero-order valence-corrected chi connectivity index (χ0v) is 16.8. The molecular formula is C23H27N3O3. The maximum absolute atomic E-state index is 12.9. The number of methoxy groups -OCH3 is 1. The van der Waals surface area contributed by atoms with Gasteiger partial charge in [0.25, 0.3) is 5.91 Å². The van der Waals surface area contributed by atoms with Gasteiger partial charge in [0.05, 0.1) is 12.8 Å². The first kappa shape index (κ1) is 19.3. The monoisotopic (exact) mass is 393 g/mol. The van der Waals surface area contributed by atoms with Crippen molar-refractivity contribution in [1.29, 1.82) is 0 Å². The molecule has 6 heteroatoms. The summed E-state index contributed by atoms with van der Waals surface area (Å²) in [6, 6.07) is 15.5. The summed E-state index contributed by atoms with van der Waals surface area (Å²) in [5.74, 6) is 1.26. The van der Waals surface area contributed by atoms with Crippen LogP contribution in [0.4, 0.5) is 5.69 Å². The molecule has 0 unspecified atom stereocenters. The van der Waals surface area contributed by atoms with Crippen molar-refractivity contribution >= 4 is 17.5 Å². The maximum atomic E-state index is 12.9. The van der Waals surface area contributed by atoms with E-state index >= 15 is 0 Å². The van der Waals surface area contributed by atoms with Crippen LogP contribution in [-0.4, -0.2) is 50.0 Å². The second kappa shape index (κ2) is 8.55. The third kappa shape index (κ3) is 4.53. The fourth-order valence-electron chi connectivity index (χ4n) is 3.67. The molecule has 0 aromatic heterocycles. The Morgan fingerprint density at radius 2 is 1.69 bits per heavy atom. The molecule has 2 aromatic rings. The van der Waals surface area contributed by atoms with E-state index in [1.165, 1.54) is 0 Å². The van der Waals surface area contributed by atoms with Gasteiger partial charge >= 0.3 is 0 Å². The summed E-state index contributed by atoms with van der Waals surface area (Å²) in [4.78, 5) is 28.8. The van der Waals surface area contributed by atoms with E-state index in [0.29, 0.717) is 25.2 Å². The van der Waals surface area contributed by atoms with E-state index in [1.54, 1.807) is 7.11 Å². The van der Waals surface area contributed by atoms with Crippen LogP contribution >= 0.6 is 0 Å². The van der Waals surface area contributed by atoms with Crippen LogP contribution in [0.2, 0.25) is 0 Å². The standard InChI is InChI=1S/C23H27N3O3/c1-29-21-5-3-2-4-20(21)25-12-14-26(15-13-25)23(28)19-8-6-17(7-9-19)16-24-22(27)18-10-11-18/h2-9,18H,10-16H2,1H3,(H,24,27). The highest BCUT2D eigenvalue weighted by Gasteiger charge is 2.29. The Kier molecular flexibility index (Phi) is 5.69. The van der Waals surface area contributed by atoms with Gasteiger partial charge in [-0.3, -0.25) is 9.59 Å². The maximum Gasteiger partial charge on any atom is 0.253 e. The summed E-state index contributed by atoms with van der Waals surface area (Å²) in [6.45, 7) is 3.42. The van der Waals surface area contributed by atoms with Crippen LogP contribution in [0.1, 0.15) is 28.8 Å². The third-order valence-electron chi connectivity index (χ3n) is 5.61. The van der Waals surface area contributed by atoms with Crippen molar-refractivity contribution in [3.05, 3.63) is 59.7 Å². The second-order valence-electron chi connectivity index (χ2n) is 7.64. The summed E-state index contributed by atoms with van der Waals surface area (Å²) < 4.78 is 5.46. The lowest BCUT2D eigenvalue weighted by Gasteiger charge is -2.36. The molecule has 2 amide bonds. The van der Waals surface area contributed by atoms with Gasteiger partial charge in [-0.05, 0) is 42.7 Å². The van der Waals surface area contributed by atoms with Crippen LogP contribution < -0.4 is 15.0 Å². The number of hydrogen-bond acceptors (Lipinski definition) is 4. The molecule has 1 saturated carbocycles. The molecule has 2 aliphatic rings. The van der Waals surface area contributed by atoms with Crippen molar-refractivity contribution in [1.82, 2.24) is 10.2 Å². The van der Waals surface area contributed by atoms with E-state index in [2.05, 4.69) is 16.3 Å². The van der Waals surface area contributed by atoms with Gasteiger partial charge in [0.15, 0.2) is 0 Å². The number of nitrogens with one attached hydrogen (secondary N) is 1. The molecule has 2 aromatic carbocycles. The van der Waals surface area contributed by atoms with Crippen LogP contribution in [-0.2, 0) is 11.3 Å². The lowest BCUT2D eigenvalue weighted by atomic mass is 10.1. The summed E-state index contributed by atoms with van der Waals surface area (Å²) in [6.07, 6.45) is 2.01. The van der Waals surface area contributed by atoms with Gasteiger partial charge in [-0.1, -0.05) is 24.3 Å². The first-order valence-corrected chi connectivity index (χ1v) is 10.2. The topological polar surface area (TPSA) is 61.9 Å². The molecule has 1 N–H and O–H groups in total. The zero-order valence-electron chi connectivity index (χ0n) is 16.8. The molecule has 1 saturated heterocycles. The summed E-state index contributed by atoms with van der Waals surface area (Å²) in [5.41, 5.74) is 2.77. The van der Waals surface area contributed by atoms with E-state index in [4.69, 9.17) is 4.74 Å². The average Bonchev–Trinajstić information content (AvgIpc) is 3.63. The Hall–Kier alpha value is -3.02. The van der Waals surface area contributed by atoms with Crippen LogP contribution in [0, 0.1) is 5.92 Å². The Bertz CT molecular complexity index is 869. The molecule has 152 valence electrons. The number of carbonyl (C=O) groups is 2. The van der Waals surface area contributed by atoms with Gasteiger partial charge < -0.3 is 19.9 Å². The molecule has 1 aliphatic carbocycles. The fraction of sp³-hybridized carbons (Fsp3) is 0.391. The van der Waals surface area contributed by atoms with E-state index in [-0.39, 0.29) is 17.7 Å². The van der Waals surface area contributed by atoms with Gasteiger partial charge in [-0.25, -0.2) is 0 Å². The van der Waals surface area contributed by atoms with Crippen molar-refractivity contribution < 1.29 is 14.3 Å². The molecule has 0 radical (unpaired) electrons. The van der Waals surface area contributed by atoms with Crippen molar-refractivity contribution in [2.45, 2.75) is 19.4 Å². The zero-order chi connectivity index (χ0) is 20.2. The number of anilines is 1. The number of hydrogen-bond donors (Lipinski definition) is 1. The second-order valence-corrected chi connectivity index (χ2v) is 7.64. The quantitative estimate of drug-likeness (QED) is 0.820. The Labute approximate surface area is 171 Å². The Morgan fingerprint density at radius 1 is 1.00 bits per heavy atom. The highest BCUT2D eigenvalue weighted by Crippen LogP contribution is 2.29. The number of piperazine rings is 1. The van der Waals surface area contributed by atoms with Crippen LogP contribution in [0.5, 0.6) is 5.75 Å². The van der Waals surface area contributed by atoms with Gasteiger partial charge in [0.2, 0.25) is 5.91 Å². The number of amides is 2. The predicted molar refractivity (Wildman–Crippen MR) is 112 cm³/mol. The van der Waals surface area contributed by atoms with Gasteiger partial charge in [0.1, 0.15) is 5.75 Å². The molecular weight excluding hydrogens is 366 g/mol. The first-order valence-electron chi connectivity index (χ1n) is 10.2. The third-order valence-corrected chi connectivity index (χ3v) is 5.61. The number of ether oxygens (including phenoxy) is 1. The fourth-order valence-corrected chi connectivity index (χ4v) is 3.67. The van der Waals surface area contributed by atoms with E-state index in [9.17, 15) is 9.59 Å². The normalized spacial score (nSPS) is 16.4. The van der Waals surface area contributed by atoms with Gasteiger partial charge in [-0.2, -0.15) is 0 Å². The molecule has 0 atom stereocenters. The van der Waals surface area contributed by atoms with Crippen LogP contribution in [0.3, 0.4) is 0 Å². The van der Waals surface area contributed by atoms with Crippen LogP contribution in [0.15, 0.2) is 48.5 Å².